The second kappa shape index (κ2) is 3.47. The van der Waals surface area contributed by atoms with Gasteiger partial charge in [-0.25, -0.2) is 4.79 Å². The van der Waals surface area contributed by atoms with Gasteiger partial charge < -0.3 is 4.74 Å². The molecule has 2 aliphatic carbocycles. The molecule has 0 unspecified atom stereocenters. The maximum absolute atomic E-state index is 11.6. The van der Waals surface area contributed by atoms with Crippen LogP contribution in [0.3, 0.4) is 0 Å². The van der Waals surface area contributed by atoms with Crippen LogP contribution in [0.5, 0.6) is 0 Å². The summed E-state index contributed by atoms with van der Waals surface area (Å²) in [6, 6.07) is 0. The highest BCUT2D eigenvalue weighted by molar-refractivity contribution is 5.95. The van der Waals surface area contributed by atoms with Crippen molar-refractivity contribution in [3.63, 3.8) is 0 Å². The summed E-state index contributed by atoms with van der Waals surface area (Å²) in [6.07, 6.45) is 5.68. The number of fused-ring (bicyclic) bond motifs is 1. The summed E-state index contributed by atoms with van der Waals surface area (Å²) in [5.74, 6) is 1.27. The lowest BCUT2D eigenvalue weighted by Crippen LogP contribution is -2.09. The van der Waals surface area contributed by atoms with E-state index < -0.39 is 0 Å². The number of allylic oxidation sites excluding steroid dienone is 1. The summed E-state index contributed by atoms with van der Waals surface area (Å²) in [6.45, 7) is 7.43. The van der Waals surface area contributed by atoms with E-state index in [1.807, 2.05) is 0 Å². The van der Waals surface area contributed by atoms with Gasteiger partial charge in [0.15, 0.2) is 0 Å². The number of hydrogen-bond acceptors (Lipinski definition) is 2. The first-order valence-electron chi connectivity index (χ1n) is 6.54. The monoisotopic (exact) mass is 232 g/mol. The van der Waals surface area contributed by atoms with Gasteiger partial charge in [0.1, 0.15) is 6.61 Å². The van der Waals surface area contributed by atoms with Crippen LogP contribution in [0.2, 0.25) is 0 Å². The van der Waals surface area contributed by atoms with E-state index in [0.717, 1.165) is 12.0 Å². The molecule has 3 aliphatic rings. The minimum Gasteiger partial charge on any atom is -0.458 e. The van der Waals surface area contributed by atoms with Crippen LogP contribution in [0.4, 0.5) is 0 Å². The molecule has 0 bridgehead atoms. The molecule has 0 N–H and O–H groups in total. The van der Waals surface area contributed by atoms with Crippen molar-refractivity contribution in [1.29, 1.82) is 0 Å². The van der Waals surface area contributed by atoms with E-state index in [2.05, 4.69) is 26.8 Å². The van der Waals surface area contributed by atoms with E-state index >= 15 is 0 Å². The highest BCUT2D eigenvalue weighted by Crippen LogP contribution is 2.52. The quantitative estimate of drug-likeness (QED) is 0.599. The molecule has 2 atom stereocenters. The molecule has 0 saturated heterocycles. The Labute approximate surface area is 103 Å². The van der Waals surface area contributed by atoms with Gasteiger partial charge in [-0.05, 0) is 55.1 Å². The summed E-state index contributed by atoms with van der Waals surface area (Å²) in [5.41, 5.74) is 3.92. The van der Waals surface area contributed by atoms with E-state index in [1.165, 1.54) is 24.0 Å². The predicted octanol–water partition coefficient (Wildman–Crippen LogP) is 3.24. The standard InChI is InChI=1S/C15H20O2/c1-9-4-12-11(8-17-14(12)16)5-10-6-15(2,3)7-13(9)10/h4,10,13H,5-8H2,1-3H3/t10-,13-/m1/s1. The number of rotatable bonds is 0. The molecule has 2 heteroatoms. The molecule has 2 nitrogen and oxygen atoms in total. The van der Waals surface area contributed by atoms with Crippen LogP contribution >= 0.6 is 0 Å². The van der Waals surface area contributed by atoms with Crippen LogP contribution in [0, 0.1) is 17.3 Å². The lowest BCUT2D eigenvalue weighted by molar-refractivity contribution is -0.135. The van der Waals surface area contributed by atoms with Crippen molar-refractivity contribution in [3.05, 3.63) is 22.8 Å². The van der Waals surface area contributed by atoms with Gasteiger partial charge in [0.25, 0.3) is 0 Å². The molecule has 0 spiro atoms. The van der Waals surface area contributed by atoms with Crippen molar-refractivity contribution < 1.29 is 9.53 Å². The second-order valence-electron chi connectivity index (χ2n) is 6.62. The molecular formula is C15H20O2. The second-order valence-corrected chi connectivity index (χ2v) is 6.62. The first-order valence-corrected chi connectivity index (χ1v) is 6.54. The fraction of sp³-hybridized carbons (Fsp3) is 0.667. The van der Waals surface area contributed by atoms with Crippen LogP contribution in [-0.4, -0.2) is 12.6 Å². The zero-order valence-corrected chi connectivity index (χ0v) is 10.9. The van der Waals surface area contributed by atoms with Gasteiger partial charge in [-0.15, -0.1) is 0 Å². The van der Waals surface area contributed by atoms with E-state index in [4.69, 9.17) is 4.74 Å². The maximum Gasteiger partial charge on any atom is 0.338 e. The molecule has 0 amide bonds. The third-order valence-corrected chi connectivity index (χ3v) is 4.60. The van der Waals surface area contributed by atoms with E-state index in [-0.39, 0.29) is 5.97 Å². The highest BCUT2D eigenvalue weighted by atomic mass is 16.5. The van der Waals surface area contributed by atoms with Crippen LogP contribution in [-0.2, 0) is 9.53 Å². The lowest BCUT2D eigenvalue weighted by Gasteiger charge is -2.18. The maximum atomic E-state index is 11.6. The van der Waals surface area contributed by atoms with Crippen molar-refractivity contribution >= 4 is 5.97 Å². The van der Waals surface area contributed by atoms with Crippen molar-refractivity contribution in [2.45, 2.75) is 40.0 Å². The molecule has 1 heterocycles. The van der Waals surface area contributed by atoms with Crippen LogP contribution in [0.1, 0.15) is 40.0 Å². The number of cyclic esters (lactones) is 1. The smallest absolute Gasteiger partial charge is 0.338 e. The van der Waals surface area contributed by atoms with Gasteiger partial charge in [-0.2, -0.15) is 0 Å². The van der Waals surface area contributed by atoms with Crippen molar-refractivity contribution in [2.75, 3.05) is 6.61 Å². The fourth-order valence-electron chi connectivity index (χ4n) is 3.88. The molecule has 1 fully saturated rings. The van der Waals surface area contributed by atoms with Gasteiger partial charge >= 0.3 is 5.97 Å². The molecule has 92 valence electrons. The minimum absolute atomic E-state index is 0.112. The Morgan fingerprint density at radius 3 is 2.88 bits per heavy atom. The molecule has 0 aromatic heterocycles. The molecule has 17 heavy (non-hydrogen) atoms. The normalized spacial score (nSPS) is 35.0. The average molecular weight is 232 g/mol. The number of carbonyl (C=O) groups is 1. The van der Waals surface area contributed by atoms with Crippen molar-refractivity contribution in [3.8, 4) is 0 Å². The van der Waals surface area contributed by atoms with Gasteiger partial charge in [0, 0.05) is 0 Å². The average Bonchev–Trinajstić information content (AvgIpc) is 2.68. The molecular weight excluding hydrogens is 212 g/mol. The van der Waals surface area contributed by atoms with Gasteiger partial charge in [-0.1, -0.05) is 19.4 Å². The number of carbonyl (C=O) groups excluding carboxylic acids is 1. The fourth-order valence-corrected chi connectivity index (χ4v) is 3.88. The summed E-state index contributed by atoms with van der Waals surface area (Å²) in [4.78, 5) is 11.6. The van der Waals surface area contributed by atoms with Crippen LogP contribution in [0.25, 0.3) is 0 Å². The first kappa shape index (κ1) is 11.1. The summed E-state index contributed by atoms with van der Waals surface area (Å²) < 4.78 is 5.15. The SMILES string of the molecule is CC1=CC2=C(COC2=O)C[C@@H]2CC(C)(C)C[C@H]12. The van der Waals surface area contributed by atoms with Gasteiger partial charge in [0.2, 0.25) is 0 Å². The zero-order chi connectivity index (χ0) is 12.2. The predicted molar refractivity (Wildman–Crippen MR) is 66.4 cm³/mol. The molecule has 3 rings (SSSR count). The van der Waals surface area contributed by atoms with Gasteiger partial charge in [0.05, 0.1) is 5.57 Å². The van der Waals surface area contributed by atoms with Crippen molar-refractivity contribution in [1.82, 2.24) is 0 Å². The first-order chi connectivity index (χ1) is 7.96. The third-order valence-electron chi connectivity index (χ3n) is 4.60. The van der Waals surface area contributed by atoms with E-state index in [0.29, 0.717) is 23.9 Å². The van der Waals surface area contributed by atoms with Crippen LogP contribution < -0.4 is 0 Å². The number of esters is 1. The summed E-state index contributed by atoms with van der Waals surface area (Å²) >= 11 is 0. The Hall–Kier alpha value is -1.05. The topological polar surface area (TPSA) is 26.3 Å². The number of hydrogen-bond donors (Lipinski definition) is 0. The Bertz CT molecular complexity index is 440. The largest absolute Gasteiger partial charge is 0.458 e. The summed E-state index contributed by atoms with van der Waals surface area (Å²) in [7, 11) is 0. The molecule has 1 aliphatic heterocycles. The Kier molecular flexibility index (Phi) is 2.26. The molecule has 0 aromatic rings. The minimum atomic E-state index is -0.112. The van der Waals surface area contributed by atoms with E-state index in [1.54, 1.807) is 0 Å². The Morgan fingerprint density at radius 2 is 2.12 bits per heavy atom. The number of ether oxygens (including phenoxy) is 1. The lowest BCUT2D eigenvalue weighted by atomic mass is 9.87. The molecule has 1 saturated carbocycles. The Morgan fingerprint density at radius 1 is 1.35 bits per heavy atom. The van der Waals surface area contributed by atoms with E-state index in [9.17, 15) is 4.79 Å². The molecule has 0 radical (unpaired) electrons. The zero-order valence-electron chi connectivity index (χ0n) is 10.9. The Balaban J connectivity index is 1.97. The molecule has 0 aromatic carbocycles. The van der Waals surface area contributed by atoms with Crippen LogP contribution in [0.15, 0.2) is 22.8 Å². The third kappa shape index (κ3) is 1.74. The summed E-state index contributed by atoms with van der Waals surface area (Å²) in [5, 5.41) is 0. The van der Waals surface area contributed by atoms with Crippen molar-refractivity contribution in [2.24, 2.45) is 17.3 Å². The van der Waals surface area contributed by atoms with Gasteiger partial charge in [-0.3, -0.25) is 0 Å². The highest BCUT2D eigenvalue weighted by Gasteiger charge is 2.42.